The maximum absolute atomic E-state index is 13.5. The van der Waals surface area contributed by atoms with Crippen molar-refractivity contribution < 1.29 is 13.6 Å². The van der Waals surface area contributed by atoms with Gasteiger partial charge in [-0.25, -0.2) is 8.78 Å². The van der Waals surface area contributed by atoms with E-state index in [1.54, 1.807) is 0 Å². The Bertz CT molecular complexity index is 643. The van der Waals surface area contributed by atoms with E-state index in [2.05, 4.69) is 15.9 Å². The van der Waals surface area contributed by atoms with Gasteiger partial charge in [-0.2, -0.15) is 0 Å². The van der Waals surface area contributed by atoms with E-state index in [0.29, 0.717) is 5.02 Å². The van der Waals surface area contributed by atoms with Crippen LogP contribution in [0.2, 0.25) is 5.02 Å². The molecule has 0 heterocycles. The molecule has 0 saturated carbocycles. The molecule has 0 aliphatic carbocycles. The van der Waals surface area contributed by atoms with Crippen molar-refractivity contribution in [3.05, 3.63) is 68.7 Å². The minimum atomic E-state index is -0.530. The van der Waals surface area contributed by atoms with Gasteiger partial charge >= 0.3 is 0 Å². The lowest BCUT2D eigenvalue weighted by molar-refractivity contribution is 0.0990. The minimum absolute atomic E-state index is 0.0856. The van der Waals surface area contributed by atoms with Crippen molar-refractivity contribution in [1.82, 2.24) is 0 Å². The Kier molecular flexibility index (Phi) is 4.32. The summed E-state index contributed by atoms with van der Waals surface area (Å²) in [6.45, 7) is 0. The highest BCUT2D eigenvalue weighted by Gasteiger charge is 2.15. The molecule has 0 spiro atoms. The molecule has 0 radical (unpaired) electrons. The average Bonchev–Trinajstić information content (AvgIpc) is 2.37. The third kappa shape index (κ3) is 3.19. The molecule has 0 aliphatic rings. The molecule has 0 atom stereocenters. The molecule has 0 N–H and O–H groups in total. The fraction of sp³-hybridized carbons (Fsp3) is 0.0714. The van der Waals surface area contributed by atoms with Gasteiger partial charge in [-0.05, 0) is 45.8 Å². The van der Waals surface area contributed by atoms with Gasteiger partial charge in [0, 0.05) is 17.0 Å². The summed E-state index contributed by atoms with van der Waals surface area (Å²) in [7, 11) is 0. The zero-order chi connectivity index (χ0) is 14.0. The maximum Gasteiger partial charge on any atom is 0.168 e. The second-order valence-corrected chi connectivity index (χ2v) is 5.17. The highest BCUT2D eigenvalue weighted by Crippen LogP contribution is 2.23. The zero-order valence-corrected chi connectivity index (χ0v) is 11.9. The first kappa shape index (κ1) is 14.2. The van der Waals surface area contributed by atoms with Crippen molar-refractivity contribution in [2.45, 2.75) is 6.42 Å². The van der Waals surface area contributed by atoms with Crippen LogP contribution in [0.5, 0.6) is 0 Å². The lowest BCUT2D eigenvalue weighted by atomic mass is 10.0. The standard InChI is InChI=1S/C14H8BrClF2O/c15-14-10(2-1-3-12(14)18)13(19)7-8-6-9(16)4-5-11(8)17/h1-6H,7H2. The van der Waals surface area contributed by atoms with Gasteiger partial charge in [-0.3, -0.25) is 4.79 Å². The van der Waals surface area contributed by atoms with E-state index in [1.165, 1.54) is 36.4 Å². The van der Waals surface area contributed by atoms with Gasteiger partial charge in [0.25, 0.3) is 0 Å². The lowest BCUT2D eigenvalue weighted by Crippen LogP contribution is -2.07. The average molecular weight is 346 g/mol. The molecule has 0 bridgehead atoms. The van der Waals surface area contributed by atoms with Gasteiger partial charge in [0.15, 0.2) is 5.78 Å². The van der Waals surface area contributed by atoms with Gasteiger partial charge in [0.1, 0.15) is 11.6 Å². The van der Waals surface area contributed by atoms with Crippen LogP contribution in [-0.4, -0.2) is 5.78 Å². The molecular formula is C14H8BrClF2O. The van der Waals surface area contributed by atoms with Crippen molar-refractivity contribution in [3.63, 3.8) is 0 Å². The third-order valence-corrected chi connectivity index (χ3v) is 3.65. The molecule has 0 amide bonds. The molecule has 2 rings (SSSR count). The summed E-state index contributed by atoms with van der Waals surface area (Å²) in [4.78, 5) is 12.0. The molecular weight excluding hydrogens is 338 g/mol. The van der Waals surface area contributed by atoms with Crippen molar-refractivity contribution in [1.29, 1.82) is 0 Å². The molecule has 2 aromatic rings. The number of rotatable bonds is 3. The normalized spacial score (nSPS) is 10.5. The SMILES string of the molecule is O=C(Cc1cc(Cl)ccc1F)c1cccc(F)c1Br. The third-order valence-electron chi connectivity index (χ3n) is 2.61. The molecule has 2 aromatic carbocycles. The summed E-state index contributed by atoms with van der Waals surface area (Å²) >= 11 is 8.77. The van der Waals surface area contributed by atoms with E-state index in [-0.39, 0.29) is 27.8 Å². The largest absolute Gasteiger partial charge is 0.294 e. The topological polar surface area (TPSA) is 17.1 Å². The lowest BCUT2D eigenvalue weighted by Gasteiger charge is -2.06. The first-order valence-electron chi connectivity index (χ1n) is 5.40. The Balaban J connectivity index is 2.31. The number of carbonyl (C=O) groups is 1. The van der Waals surface area contributed by atoms with Crippen LogP contribution in [0.1, 0.15) is 15.9 Å². The molecule has 0 fully saturated rings. The molecule has 98 valence electrons. The van der Waals surface area contributed by atoms with Crippen molar-refractivity contribution in [2.24, 2.45) is 0 Å². The van der Waals surface area contributed by atoms with Crippen molar-refractivity contribution >= 4 is 33.3 Å². The molecule has 5 heteroatoms. The summed E-state index contributed by atoms with van der Waals surface area (Å²) in [5.41, 5.74) is 0.369. The highest BCUT2D eigenvalue weighted by molar-refractivity contribution is 9.10. The Hall–Kier alpha value is -1.26. The Morgan fingerprint density at radius 2 is 1.89 bits per heavy atom. The number of halogens is 4. The first-order valence-corrected chi connectivity index (χ1v) is 6.57. The van der Waals surface area contributed by atoms with Gasteiger partial charge in [-0.1, -0.05) is 23.7 Å². The zero-order valence-electron chi connectivity index (χ0n) is 9.59. The van der Waals surface area contributed by atoms with Crippen LogP contribution < -0.4 is 0 Å². The molecule has 19 heavy (non-hydrogen) atoms. The highest BCUT2D eigenvalue weighted by atomic mass is 79.9. The second-order valence-electron chi connectivity index (χ2n) is 3.94. The van der Waals surface area contributed by atoms with E-state index in [4.69, 9.17) is 11.6 Å². The van der Waals surface area contributed by atoms with Gasteiger partial charge in [-0.15, -0.1) is 0 Å². The molecule has 0 saturated heterocycles. The molecule has 1 nitrogen and oxygen atoms in total. The van der Waals surface area contributed by atoms with Crippen LogP contribution in [0, 0.1) is 11.6 Å². The predicted octanol–water partition coefficient (Wildman–Crippen LogP) is 4.81. The van der Waals surface area contributed by atoms with E-state index in [1.807, 2.05) is 0 Å². The van der Waals surface area contributed by atoms with Crippen LogP contribution in [0.25, 0.3) is 0 Å². The van der Waals surface area contributed by atoms with Crippen LogP contribution in [0.3, 0.4) is 0 Å². The summed E-state index contributed by atoms with van der Waals surface area (Å²) in [5, 5.41) is 0.350. The predicted molar refractivity (Wildman–Crippen MR) is 73.5 cm³/mol. The summed E-state index contributed by atoms with van der Waals surface area (Å²) in [6, 6.07) is 8.15. The number of hydrogen-bond donors (Lipinski definition) is 0. The van der Waals surface area contributed by atoms with Crippen molar-refractivity contribution in [3.8, 4) is 0 Å². The summed E-state index contributed by atoms with van der Waals surface area (Å²) < 4.78 is 26.9. The molecule has 0 aromatic heterocycles. The number of Topliss-reactive ketones (excluding diaryl/α,β-unsaturated/α-hetero) is 1. The first-order chi connectivity index (χ1) is 8.99. The second kappa shape index (κ2) is 5.80. The Labute approximate surface area is 122 Å². The fourth-order valence-corrected chi connectivity index (χ4v) is 2.35. The maximum atomic E-state index is 13.5. The summed E-state index contributed by atoms with van der Waals surface area (Å²) in [6.07, 6.45) is -0.172. The van der Waals surface area contributed by atoms with Gasteiger partial charge < -0.3 is 0 Å². The summed E-state index contributed by atoms with van der Waals surface area (Å²) in [5.74, 6) is -1.42. The number of ketones is 1. The van der Waals surface area contributed by atoms with E-state index < -0.39 is 11.6 Å². The van der Waals surface area contributed by atoms with Gasteiger partial charge in [0.05, 0.1) is 4.47 Å². The number of benzene rings is 2. The molecule has 0 unspecified atom stereocenters. The quantitative estimate of drug-likeness (QED) is 0.730. The van der Waals surface area contributed by atoms with Gasteiger partial charge in [0.2, 0.25) is 0 Å². The van der Waals surface area contributed by atoms with Crippen molar-refractivity contribution in [2.75, 3.05) is 0 Å². The van der Waals surface area contributed by atoms with E-state index >= 15 is 0 Å². The van der Waals surface area contributed by atoms with Crippen LogP contribution >= 0.6 is 27.5 Å². The van der Waals surface area contributed by atoms with E-state index in [0.717, 1.165) is 0 Å². The molecule has 0 aliphatic heterocycles. The smallest absolute Gasteiger partial charge is 0.168 e. The Morgan fingerprint density at radius 3 is 2.63 bits per heavy atom. The minimum Gasteiger partial charge on any atom is -0.294 e. The van der Waals surface area contributed by atoms with Crippen LogP contribution in [0.4, 0.5) is 8.78 Å². The number of hydrogen-bond acceptors (Lipinski definition) is 1. The van der Waals surface area contributed by atoms with Crippen LogP contribution in [0.15, 0.2) is 40.9 Å². The Morgan fingerprint density at radius 1 is 1.16 bits per heavy atom. The number of carbonyl (C=O) groups excluding carboxylic acids is 1. The fourth-order valence-electron chi connectivity index (χ4n) is 1.67. The van der Waals surface area contributed by atoms with E-state index in [9.17, 15) is 13.6 Å². The monoisotopic (exact) mass is 344 g/mol. The van der Waals surface area contributed by atoms with Crippen LogP contribution in [-0.2, 0) is 6.42 Å².